The first-order chi connectivity index (χ1) is 11.2. The Morgan fingerprint density at radius 3 is 2.13 bits per heavy atom. The van der Waals surface area contributed by atoms with Crippen LogP contribution in [0.25, 0.3) is 0 Å². The van der Waals surface area contributed by atoms with E-state index in [-0.39, 0.29) is 36.4 Å². The molecular formula is C15H22O8. The normalized spacial score (nSPS) is 10.5. The highest BCUT2D eigenvalue weighted by molar-refractivity contribution is 5.85. The van der Waals surface area contributed by atoms with E-state index in [1.54, 1.807) is 14.2 Å². The number of phenolic OH excluding ortho intramolecular Hbond substituents is 1. The van der Waals surface area contributed by atoms with Gasteiger partial charge in [0, 0.05) is 14.2 Å². The molecule has 0 saturated heterocycles. The minimum absolute atomic E-state index is 0.0188. The predicted octanol–water partition coefficient (Wildman–Crippen LogP) is 1.20. The average Bonchev–Trinajstić information content (AvgIpc) is 2.56. The fraction of sp³-hybridized carbons (Fsp3) is 0.533. The van der Waals surface area contributed by atoms with Gasteiger partial charge >= 0.3 is 0 Å². The summed E-state index contributed by atoms with van der Waals surface area (Å²) in [4.78, 5) is 11.1. The smallest absolute Gasteiger partial charge is 0.189 e. The largest absolute Gasteiger partial charge is 0.507 e. The standard InChI is InChI=1S/C15H22O8/c1-18-5-7-20-10-22-14-4-3-13(17)12(9-16)15(14)23-11-21-8-6-19-2/h3-4,9,17H,5-8,10-11H2,1-2H3. The van der Waals surface area contributed by atoms with Crippen LogP contribution in [0.4, 0.5) is 0 Å². The van der Waals surface area contributed by atoms with Gasteiger partial charge in [0.1, 0.15) is 11.3 Å². The lowest BCUT2D eigenvalue weighted by Gasteiger charge is -2.15. The lowest BCUT2D eigenvalue weighted by Crippen LogP contribution is -2.11. The summed E-state index contributed by atoms with van der Waals surface area (Å²) >= 11 is 0. The maximum atomic E-state index is 11.1. The molecule has 0 heterocycles. The molecule has 0 fully saturated rings. The molecule has 1 N–H and O–H groups in total. The van der Waals surface area contributed by atoms with E-state index in [9.17, 15) is 9.90 Å². The molecule has 0 unspecified atom stereocenters. The van der Waals surface area contributed by atoms with Gasteiger partial charge < -0.3 is 33.5 Å². The van der Waals surface area contributed by atoms with E-state index >= 15 is 0 Å². The number of hydrogen-bond acceptors (Lipinski definition) is 8. The molecule has 0 saturated carbocycles. The van der Waals surface area contributed by atoms with Gasteiger partial charge in [0.2, 0.25) is 0 Å². The molecule has 0 bridgehead atoms. The van der Waals surface area contributed by atoms with Crippen molar-refractivity contribution in [1.29, 1.82) is 0 Å². The molecule has 0 aromatic heterocycles. The van der Waals surface area contributed by atoms with Crippen molar-refractivity contribution in [2.24, 2.45) is 0 Å². The second-order valence-electron chi connectivity index (χ2n) is 4.27. The van der Waals surface area contributed by atoms with Crippen LogP contribution in [0.5, 0.6) is 17.2 Å². The van der Waals surface area contributed by atoms with Crippen LogP contribution in [0.15, 0.2) is 12.1 Å². The molecule has 8 nitrogen and oxygen atoms in total. The Kier molecular flexibility index (Phi) is 9.73. The van der Waals surface area contributed by atoms with E-state index < -0.39 is 0 Å². The van der Waals surface area contributed by atoms with Crippen molar-refractivity contribution < 1.29 is 38.3 Å². The fourth-order valence-corrected chi connectivity index (χ4v) is 1.55. The van der Waals surface area contributed by atoms with E-state index in [1.165, 1.54) is 12.1 Å². The Morgan fingerprint density at radius 1 is 0.957 bits per heavy atom. The summed E-state index contributed by atoms with van der Waals surface area (Å²) in [6.45, 7) is 1.39. The van der Waals surface area contributed by atoms with Crippen molar-refractivity contribution in [1.82, 2.24) is 0 Å². The van der Waals surface area contributed by atoms with E-state index in [0.717, 1.165) is 0 Å². The van der Waals surface area contributed by atoms with Gasteiger partial charge in [-0.25, -0.2) is 0 Å². The summed E-state index contributed by atoms with van der Waals surface area (Å²) in [5.41, 5.74) is -0.0188. The number of phenols is 1. The molecule has 1 aromatic rings. The van der Waals surface area contributed by atoms with Crippen LogP contribution in [-0.4, -0.2) is 65.6 Å². The maximum absolute atomic E-state index is 11.1. The monoisotopic (exact) mass is 330 g/mol. The zero-order valence-electron chi connectivity index (χ0n) is 13.3. The molecule has 0 amide bonds. The van der Waals surface area contributed by atoms with Gasteiger partial charge in [-0.1, -0.05) is 0 Å². The van der Waals surface area contributed by atoms with E-state index in [1.807, 2.05) is 0 Å². The van der Waals surface area contributed by atoms with Crippen molar-refractivity contribution in [2.75, 3.05) is 54.2 Å². The topological polar surface area (TPSA) is 92.7 Å². The number of hydrogen-bond donors (Lipinski definition) is 1. The third-order valence-corrected chi connectivity index (χ3v) is 2.70. The average molecular weight is 330 g/mol. The van der Waals surface area contributed by atoms with Crippen LogP contribution in [0.1, 0.15) is 10.4 Å². The van der Waals surface area contributed by atoms with Crippen LogP contribution < -0.4 is 9.47 Å². The quantitative estimate of drug-likeness (QED) is 0.328. The van der Waals surface area contributed by atoms with Crippen LogP contribution in [-0.2, 0) is 18.9 Å². The van der Waals surface area contributed by atoms with E-state index in [2.05, 4.69) is 0 Å². The first kappa shape index (κ1) is 19.2. The summed E-state index contributed by atoms with van der Waals surface area (Å²) in [5.74, 6) is 0.143. The van der Waals surface area contributed by atoms with Crippen molar-refractivity contribution in [3.05, 3.63) is 17.7 Å². The second kappa shape index (κ2) is 11.7. The van der Waals surface area contributed by atoms with Gasteiger partial charge in [-0.2, -0.15) is 0 Å². The van der Waals surface area contributed by atoms with Crippen molar-refractivity contribution in [2.45, 2.75) is 0 Å². The third kappa shape index (κ3) is 6.83. The third-order valence-electron chi connectivity index (χ3n) is 2.70. The van der Waals surface area contributed by atoms with Gasteiger partial charge in [-0.05, 0) is 12.1 Å². The number of ether oxygens (including phenoxy) is 6. The van der Waals surface area contributed by atoms with Crippen LogP contribution in [0, 0.1) is 0 Å². The van der Waals surface area contributed by atoms with E-state index in [0.29, 0.717) is 32.7 Å². The van der Waals surface area contributed by atoms with Crippen LogP contribution in [0.3, 0.4) is 0 Å². The number of carbonyl (C=O) groups excluding carboxylic acids is 1. The molecule has 1 aromatic carbocycles. The first-order valence-corrected chi connectivity index (χ1v) is 6.94. The number of aromatic hydroxyl groups is 1. The van der Waals surface area contributed by atoms with Gasteiger partial charge in [-0.3, -0.25) is 4.79 Å². The molecule has 0 atom stereocenters. The minimum Gasteiger partial charge on any atom is -0.507 e. The molecule has 0 spiro atoms. The Hall–Kier alpha value is -1.87. The summed E-state index contributed by atoms with van der Waals surface area (Å²) < 4.78 is 30.9. The maximum Gasteiger partial charge on any atom is 0.189 e. The molecule has 0 aliphatic carbocycles. The van der Waals surface area contributed by atoms with Gasteiger partial charge in [0.05, 0.1) is 26.4 Å². The van der Waals surface area contributed by atoms with Crippen LogP contribution in [0.2, 0.25) is 0 Å². The van der Waals surface area contributed by atoms with E-state index in [4.69, 9.17) is 28.4 Å². The van der Waals surface area contributed by atoms with Gasteiger partial charge in [-0.15, -0.1) is 0 Å². The molecule has 1 rings (SSSR count). The lowest BCUT2D eigenvalue weighted by molar-refractivity contribution is -0.0209. The summed E-state index contributed by atoms with van der Waals surface area (Å²) in [7, 11) is 3.12. The van der Waals surface area contributed by atoms with Gasteiger partial charge in [0.25, 0.3) is 0 Å². The Labute approximate surface area is 134 Å². The Balaban J connectivity index is 2.65. The van der Waals surface area contributed by atoms with Crippen LogP contribution >= 0.6 is 0 Å². The summed E-state index contributed by atoms with van der Waals surface area (Å²) in [5, 5.41) is 9.72. The fourth-order valence-electron chi connectivity index (χ4n) is 1.55. The lowest BCUT2D eigenvalue weighted by atomic mass is 10.2. The minimum atomic E-state index is -0.209. The Morgan fingerprint density at radius 2 is 1.57 bits per heavy atom. The van der Waals surface area contributed by atoms with Crippen molar-refractivity contribution in [3.8, 4) is 17.2 Å². The highest BCUT2D eigenvalue weighted by Gasteiger charge is 2.15. The zero-order valence-corrected chi connectivity index (χ0v) is 13.3. The van der Waals surface area contributed by atoms with Crippen molar-refractivity contribution >= 4 is 6.29 Å². The molecular weight excluding hydrogens is 308 g/mol. The molecule has 0 radical (unpaired) electrons. The number of benzene rings is 1. The second-order valence-corrected chi connectivity index (χ2v) is 4.27. The number of carbonyl (C=O) groups is 1. The predicted molar refractivity (Wildman–Crippen MR) is 80.1 cm³/mol. The summed E-state index contributed by atoms with van der Waals surface area (Å²) in [6, 6.07) is 2.82. The summed E-state index contributed by atoms with van der Waals surface area (Å²) in [6.07, 6.45) is 0.485. The number of rotatable bonds is 13. The highest BCUT2D eigenvalue weighted by atomic mass is 16.7. The number of methoxy groups -OCH3 is 2. The first-order valence-electron chi connectivity index (χ1n) is 6.94. The molecule has 0 aliphatic heterocycles. The number of aldehydes is 1. The van der Waals surface area contributed by atoms with Crippen molar-refractivity contribution in [3.63, 3.8) is 0 Å². The Bertz CT molecular complexity index is 463. The molecule has 8 heteroatoms. The molecule has 130 valence electrons. The zero-order chi connectivity index (χ0) is 16.9. The molecule has 23 heavy (non-hydrogen) atoms. The molecule has 0 aliphatic rings. The SMILES string of the molecule is COCCOCOc1ccc(O)c(C=O)c1OCOCCOC. The van der Waals surface area contributed by atoms with Gasteiger partial charge in [0.15, 0.2) is 31.4 Å². The highest BCUT2D eigenvalue weighted by Crippen LogP contribution is 2.36.